The number of sulfonamides is 1. The number of amides is 1. The van der Waals surface area contributed by atoms with Gasteiger partial charge in [-0.15, -0.1) is 0 Å². The van der Waals surface area contributed by atoms with Gasteiger partial charge in [0.15, 0.2) is 0 Å². The molecule has 0 aliphatic carbocycles. The summed E-state index contributed by atoms with van der Waals surface area (Å²) in [6.45, 7) is 4.01. The van der Waals surface area contributed by atoms with E-state index in [0.29, 0.717) is 38.3 Å². The lowest BCUT2D eigenvalue weighted by Crippen LogP contribution is -2.49. The number of hydrogen-bond acceptors (Lipinski definition) is 6. The topological polar surface area (TPSA) is 110 Å². The Morgan fingerprint density at radius 1 is 1.07 bits per heavy atom. The number of ether oxygens (including phenoxy) is 1. The van der Waals surface area contributed by atoms with Crippen LogP contribution >= 0.6 is 0 Å². The van der Waals surface area contributed by atoms with E-state index in [4.69, 9.17) is 9.88 Å². The quantitative estimate of drug-likeness (QED) is 0.715. The highest BCUT2D eigenvalue weighted by atomic mass is 32.2. The van der Waals surface area contributed by atoms with Crippen LogP contribution in [0.15, 0.2) is 47.4 Å². The molecule has 3 rings (SSSR count). The minimum absolute atomic E-state index is 0.0571. The number of anilines is 1. The molecular weight excluding hydrogens is 406 g/mol. The lowest BCUT2D eigenvalue weighted by molar-refractivity contribution is -0.130. The molecule has 30 heavy (non-hydrogen) atoms. The van der Waals surface area contributed by atoms with Gasteiger partial charge in [0.1, 0.15) is 0 Å². The minimum Gasteiger partial charge on any atom is -0.465 e. The summed E-state index contributed by atoms with van der Waals surface area (Å²) in [5.41, 5.74) is 2.78. The summed E-state index contributed by atoms with van der Waals surface area (Å²) < 4.78 is 28.1. The number of nitrogens with two attached hydrogens (primary N) is 1. The number of hydrogen-bond donors (Lipinski definition) is 1. The van der Waals surface area contributed by atoms with Crippen LogP contribution in [-0.4, -0.2) is 58.5 Å². The zero-order valence-corrected chi connectivity index (χ0v) is 17.8. The van der Waals surface area contributed by atoms with Crippen molar-refractivity contribution in [2.45, 2.75) is 18.2 Å². The van der Waals surface area contributed by atoms with Crippen molar-refractivity contribution in [2.24, 2.45) is 5.14 Å². The molecular formula is C21H25N3O5S. The molecule has 2 aromatic rings. The minimum atomic E-state index is -3.95. The van der Waals surface area contributed by atoms with E-state index >= 15 is 0 Å². The molecule has 0 saturated carbocycles. The molecule has 1 amide bonds. The van der Waals surface area contributed by atoms with Gasteiger partial charge in [0.25, 0.3) is 0 Å². The maximum absolute atomic E-state index is 12.7. The van der Waals surface area contributed by atoms with Crippen LogP contribution in [0.1, 0.15) is 21.5 Å². The van der Waals surface area contributed by atoms with Gasteiger partial charge in [0, 0.05) is 26.2 Å². The fraction of sp³-hybridized carbons (Fsp3) is 0.333. The third-order valence-electron chi connectivity index (χ3n) is 5.28. The summed E-state index contributed by atoms with van der Waals surface area (Å²) in [5.74, 6) is -0.588. The zero-order valence-electron chi connectivity index (χ0n) is 17.0. The van der Waals surface area contributed by atoms with Crippen molar-refractivity contribution < 1.29 is 22.7 Å². The number of nitrogens with zero attached hydrogens (tertiary/aromatic N) is 2. The Morgan fingerprint density at radius 2 is 1.73 bits per heavy atom. The Kier molecular flexibility index (Phi) is 6.42. The Bertz CT molecular complexity index is 1060. The molecule has 1 heterocycles. The summed E-state index contributed by atoms with van der Waals surface area (Å²) in [5, 5.41) is 5.18. The molecule has 9 heteroatoms. The van der Waals surface area contributed by atoms with Crippen LogP contribution in [0, 0.1) is 6.92 Å². The molecule has 0 aromatic heterocycles. The second kappa shape index (κ2) is 8.85. The van der Waals surface area contributed by atoms with Gasteiger partial charge >= 0.3 is 5.97 Å². The molecule has 0 radical (unpaired) electrons. The molecule has 160 valence electrons. The molecule has 0 atom stereocenters. The maximum Gasteiger partial charge on any atom is 0.340 e. The van der Waals surface area contributed by atoms with Crippen molar-refractivity contribution in [1.82, 2.24) is 4.90 Å². The van der Waals surface area contributed by atoms with E-state index in [1.54, 1.807) is 11.0 Å². The van der Waals surface area contributed by atoms with Crippen molar-refractivity contribution in [3.05, 3.63) is 59.2 Å². The predicted molar refractivity (Wildman–Crippen MR) is 113 cm³/mol. The van der Waals surface area contributed by atoms with Crippen molar-refractivity contribution in [1.29, 1.82) is 0 Å². The smallest absolute Gasteiger partial charge is 0.340 e. The summed E-state index contributed by atoms with van der Waals surface area (Å²) >= 11 is 0. The summed E-state index contributed by atoms with van der Waals surface area (Å²) in [6, 6.07) is 12.0. The highest BCUT2D eigenvalue weighted by Gasteiger charge is 2.26. The van der Waals surface area contributed by atoms with Crippen LogP contribution in [0.4, 0.5) is 5.69 Å². The van der Waals surface area contributed by atoms with E-state index in [-0.39, 0.29) is 16.4 Å². The van der Waals surface area contributed by atoms with Crippen LogP contribution in [0.25, 0.3) is 0 Å². The number of methoxy groups -OCH3 is 1. The molecule has 0 spiro atoms. The Labute approximate surface area is 176 Å². The van der Waals surface area contributed by atoms with Gasteiger partial charge in [0.05, 0.1) is 29.7 Å². The molecule has 2 N–H and O–H groups in total. The van der Waals surface area contributed by atoms with Crippen molar-refractivity contribution in [3.63, 3.8) is 0 Å². The van der Waals surface area contributed by atoms with E-state index in [1.165, 1.54) is 19.2 Å². The van der Waals surface area contributed by atoms with Crippen molar-refractivity contribution >= 4 is 27.6 Å². The van der Waals surface area contributed by atoms with Gasteiger partial charge in [0.2, 0.25) is 15.9 Å². The van der Waals surface area contributed by atoms with E-state index in [0.717, 1.165) is 11.1 Å². The number of esters is 1. The first-order valence-corrected chi connectivity index (χ1v) is 11.1. The van der Waals surface area contributed by atoms with Crippen LogP contribution in [-0.2, 0) is 26.0 Å². The molecule has 1 fully saturated rings. The third-order valence-corrected chi connectivity index (χ3v) is 6.19. The second-order valence-electron chi connectivity index (χ2n) is 7.19. The summed E-state index contributed by atoms with van der Waals surface area (Å²) in [6.07, 6.45) is 0.350. The van der Waals surface area contributed by atoms with Crippen LogP contribution < -0.4 is 10.0 Å². The van der Waals surface area contributed by atoms with E-state index in [2.05, 4.69) is 0 Å². The molecule has 8 nitrogen and oxygen atoms in total. The monoisotopic (exact) mass is 431 g/mol. The fourth-order valence-corrected chi connectivity index (χ4v) is 4.06. The average molecular weight is 432 g/mol. The first-order valence-electron chi connectivity index (χ1n) is 9.53. The molecule has 0 unspecified atom stereocenters. The van der Waals surface area contributed by atoms with Crippen molar-refractivity contribution in [2.75, 3.05) is 38.2 Å². The van der Waals surface area contributed by atoms with Crippen molar-refractivity contribution in [3.8, 4) is 0 Å². The van der Waals surface area contributed by atoms with Crippen LogP contribution in [0.3, 0.4) is 0 Å². The average Bonchev–Trinajstić information content (AvgIpc) is 2.74. The molecule has 1 aliphatic rings. The van der Waals surface area contributed by atoms with Gasteiger partial charge in [-0.05, 0) is 36.2 Å². The zero-order chi connectivity index (χ0) is 21.9. The van der Waals surface area contributed by atoms with Gasteiger partial charge in [-0.2, -0.15) is 0 Å². The SMILES string of the molecule is COC(=O)c1cc(S(N)(=O)=O)ccc1N1CCN(C(=O)Cc2ccccc2C)CC1. The number of rotatable bonds is 5. The standard InChI is InChI=1S/C21H25N3O5S/c1-15-5-3-4-6-16(15)13-20(25)24-11-9-23(10-12-24)19-8-7-17(30(22,27)28)14-18(19)21(26)29-2/h3-8,14H,9-13H2,1-2H3,(H2,22,27,28). The van der Waals surface area contributed by atoms with Gasteiger partial charge in [-0.25, -0.2) is 18.4 Å². The highest BCUT2D eigenvalue weighted by molar-refractivity contribution is 7.89. The Morgan fingerprint density at radius 3 is 2.33 bits per heavy atom. The second-order valence-corrected chi connectivity index (χ2v) is 8.75. The van der Waals surface area contributed by atoms with E-state index in [1.807, 2.05) is 36.1 Å². The maximum atomic E-state index is 12.7. The first kappa shape index (κ1) is 21.8. The number of carbonyl (C=O) groups is 2. The van der Waals surface area contributed by atoms with Crippen LogP contribution in [0.5, 0.6) is 0 Å². The normalized spacial score (nSPS) is 14.5. The Hall–Kier alpha value is -2.91. The molecule has 1 saturated heterocycles. The van der Waals surface area contributed by atoms with E-state index in [9.17, 15) is 18.0 Å². The number of carbonyl (C=O) groups excluding carboxylic acids is 2. The first-order chi connectivity index (χ1) is 14.2. The van der Waals surface area contributed by atoms with Gasteiger partial charge in [-0.3, -0.25) is 4.79 Å². The molecule has 2 aromatic carbocycles. The van der Waals surface area contributed by atoms with E-state index < -0.39 is 16.0 Å². The van der Waals surface area contributed by atoms with Gasteiger partial charge < -0.3 is 14.5 Å². The largest absolute Gasteiger partial charge is 0.465 e. The molecule has 1 aliphatic heterocycles. The predicted octanol–water partition coefficient (Wildman–Crippen LogP) is 1.32. The number of benzene rings is 2. The fourth-order valence-electron chi connectivity index (χ4n) is 3.52. The van der Waals surface area contributed by atoms with Gasteiger partial charge in [-0.1, -0.05) is 24.3 Å². The number of primary sulfonamides is 1. The summed E-state index contributed by atoms with van der Waals surface area (Å²) in [7, 11) is -2.71. The Balaban J connectivity index is 1.73. The lowest BCUT2D eigenvalue weighted by atomic mass is 10.0. The summed E-state index contributed by atoms with van der Waals surface area (Å²) in [4.78, 5) is 28.5. The van der Waals surface area contributed by atoms with Crippen LogP contribution in [0.2, 0.25) is 0 Å². The third kappa shape index (κ3) is 4.80. The molecule has 0 bridgehead atoms. The number of aryl methyl sites for hydroxylation is 1. The lowest BCUT2D eigenvalue weighted by Gasteiger charge is -2.37. The number of piperazine rings is 1. The highest BCUT2D eigenvalue weighted by Crippen LogP contribution is 2.26.